The van der Waals surface area contributed by atoms with Crippen LogP contribution in [-0.2, 0) is 16.6 Å². The first-order chi connectivity index (χ1) is 5.97. The maximum atomic E-state index is 10.7. The first kappa shape index (κ1) is 10.6. The molecule has 1 N–H and O–H groups in total. The topological polar surface area (TPSA) is 59.1 Å². The lowest BCUT2D eigenvalue weighted by molar-refractivity contribution is 0.586. The molecule has 0 radical (unpaired) electrons. The maximum Gasteiger partial charge on any atom is 0.209 e. The van der Waals surface area contributed by atoms with E-state index in [1.807, 2.05) is 6.07 Å². The van der Waals surface area contributed by atoms with Crippen LogP contribution in [0.2, 0.25) is 0 Å². The van der Waals surface area contributed by atoms with Gasteiger partial charge in [0.2, 0.25) is 10.0 Å². The van der Waals surface area contributed by atoms with Gasteiger partial charge in [0.15, 0.2) is 0 Å². The molecule has 0 aliphatic carbocycles. The van der Waals surface area contributed by atoms with Crippen molar-refractivity contribution in [1.82, 2.24) is 9.71 Å². The first-order valence-electron chi connectivity index (χ1n) is 3.52. The van der Waals surface area contributed by atoms with Crippen molar-refractivity contribution in [2.24, 2.45) is 0 Å². The molecular formula is C7H9BrN2O2S. The standard InChI is InChI=1S/C7H9BrN2O2S/c1-13(11,12)10-5-7-3-2-6(8)4-9-7/h2-4,10H,5H2,1H3. The maximum absolute atomic E-state index is 10.7. The first-order valence-corrected chi connectivity index (χ1v) is 6.21. The van der Waals surface area contributed by atoms with Crippen molar-refractivity contribution >= 4 is 26.0 Å². The van der Waals surface area contributed by atoms with Crippen molar-refractivity contribution in [3.8, 4) is 0 Å². The van der Waals surface area contributed by atoms with E-state index in [0.29, 0.717) is 5.69 Å². The van der Waals surface area contributed by atoms with Crippen molar-refractivity contribution in [3.05, 3.63) is 28.5 Å². The Kier molecular flexibility index (Phi) is 3.40. The fourth-order valence-corrected chi connectivity index (χ4v) is 1.36. The quantitative estimate of drug-likeness (QED) is 0.883. The second-order valence-corrected chi connectivity index (χ2v) is 5.31. The monoisotopic (exact) mass is 264 g/mol. The highest BCUT2D eigenvalue weighted by atomic mass is 79.9. The Labute approximate surface area is 85.6 Å². The van der Waals surface area contributed by atoms with Crippen molar-refractivity contribution < 1.29 is 8.42 Å². The molecule has 4 nitrogen and oxygen atoms in total. The number of halogens is 1. The molecule has 0 spiro atoms. The number of pyridine rings is 1. The Morgan fingerprint density at radius 2 is 2.23 bits per heavy atom. The smallest absolute Gasteiger partial charge is 0.209 e. The molecule has 13 heavy (non-hydrogen) atoms. The Balaban J connectivity index is 2.61. The van der Waals surface area contributed by atoms with Gasteiger partial charge in [0.1, 0.15) is 0 Å². The molecule has 0 unspecified atom stereocenters. The lowest BCUT2D eigenvalue weighted by Crippen LogP contribution is -2.21. The van der Waals surface area contributed by atoms with E-state index >= 15 is 0 Å². The molecule has 1 aromatic heterocycles. The molecule has 1 heterocycles. The lowest BCUT2D eigenvalue weighted by atomic mass is 10.4. The predicted molar refractivity (Wildman–Crippen MR) is 53.6 cm³/mol. The van der Waals surface area contributed by atoms with Gasteiger partial charge in [-0.3, -0.25) is 4.98 Å². The number of hydrogen-bond donors (Lipinski definition) is 1. The Morgan fingerprint density at radius 1 is 1.54 bits per heavy atom. The molecule has 1 rings (SSSR count). The van der Waals surface area contributed by atoms with E-state index < -0.39 is 10.0 Å². The van der Waals surface area contributed by atoms with Gasteiger partial charge in [-0.2, -0.15) is 0 Å². The number of nitrogens with zero attached hydrogens (tertiary/aromatic N) is 1. The average Bonchev–Trinajstić information content (AvgIpc) is 2.02. The van der Waals surface area contributed by atoms with Crippen LogP contribution in [0.1, 0.15) is 5.69 Å². The van der Waals surface area contributed by atoms with Crippen LogP contribution in [0.25, 0.3) is 0 Å². The molecule has 0 aromatic carbocycles. The summed E-state index contributed by atoms with van der Waals surface area (Å²) in [5.74, 6) is 0. The summed E-state index contributed by atoms with van der Waals surface area (Å²) < 4.78 is 24.7. The van der Waals surface area contributed by atoms with Gasteiger partial charge < -0.3 is 0 Å². The summed E-state index contributed by atoms with van der Waals surface area (Å²) in [6.07, 6.45) is 2.74. The third-order valence-corrected chi connectivity index (χ3v) is 2.44. The second kappa shape index (κ2) is 4.17. The summed E-state index contributed by atoms with van der Waals surface area (Å²) in [5, 5.41) is 0. The Morgan fingerprint density at radius 3 is 2.69 bits per heavy atom. The minimum Gasteiger partial charge on any atom is -0.259 e. The van der Waals surface area contributed by atoms with E-state index in [9.17, 15) is 8.42 Å². The second-order valence-electron chi connectivity index (χ2n) is 2.56. The summed E-state index contributed by atoms with van der Waals surface area (Å²) in [6, 6.07) is 3.56. The molecule has 6 heteroatoms. The summed E-state index contributed by atoms with van der Waals surface area (Å²) in [5.41, 5.74) is 0.689. The van der Waals surface area contributed by atoms with E-state index in [4.69, 9.17) is 0 Å². The molecule has 0 aliphatic heterocycles. The lowest BCUT2D eigenvalue weighted by Gasteiger charge is -2.00. The molecule has 72 valence electrons. The molecule has 0 fully saturated rings. The Bertz CT molecular complexity index is 374. The third-order valence-electron chi connectivity index (χ3n) is 1.30. The predicted octanol–water partition coefficient (Wildman–Crippen LogP) is 0.893. The average molecular weight is 265 g/mol. The number of hydrogen-bond acceptors (Lipinski definition) is 3. The zero-order chi connectivity index (χ0) is 9.90. The number of sulfonamides is 1. The van der Waals surface area contributed by atoms with Gasteiger partial charge in [-0.1, -0.05) is 0 Å². The zero-order valence-electron chi connectivity index (χ0n) is 6.99. The summed E-state index contributed by atoms with van der Waals surface area (Å²) in [6.45, 7) is 0.228. The van der Waals surface area contributed by atoms with Crippen LogP contribution in [0.5, 0.6) is 0 Å². The molecule has 0 bridgehead atoms. The highest BCUT2D eigenvalue weighted by Gasteiger charge is 2.00. The van der Waals surface area contributed by atoms with Crippen LogP contribution in [0, 0.1) is 0 Å². The van der Waals surface area contributed by atoms with Gasteiger partial charge in [0.05, 0.1) is 18.5 Å². The fourth-order valence-electron chi connectivity index (χ4n) is 0.716. The summed E-state index contributed by atoms with van der Waals surface area (Å²) in [7, 11) is -3.13. The minimum absolute atomic E-state index is 0.228. The molecular weight excluding hydrogens is 256 g/mol. The SMILES string of the molecule is CS(=O)(=O)NCc1ccc(Br)cn1. The highest BCUT2D eigenvalue weighted by molar-refractivity contribution is 9.10. The molecule has 0 amide bonds. The van der Waals surface area contributed by atoms with E-state index in [1.54, 1.807) is 12.3 Å². The molecule has 1 aromatic rings. The van der Waals surface area contributed by atoms with Gasteiger partial charge in [-0.05, 0) is 28.1 Å². The number of rotatable bonds is 3. The molecule has 0 saturated heterocycles. The van der Waals surface area contributed by atoms with E-state index in [-0.39, 0.29) is 6.54 Å². The van der Waals surface area contributed by atoms with Gasteiger partial charge in [-0.15, -0.1) is 0 Å². The van der Waals surface area contributed by atoms with Crippen molar-refractivity contribution in [2.75, 3.05) is 6.26 Å². The Hall–Kier alpha value is -0.460. The van der Waals surface area contributed by atoms with Crippen LogP contribution in [0.15, 0.2) is 22.8 Å². The fraction of sp³-hybridized carbons (Fsp3) is 0.286. The van der Waals surface area contributed by atoms with Gasteiger partial charge >= 0.3 is 0 Å². The highest BCUT2D eigenvalue weighted by Crippen LogP contribution is 2.07. The number of nitrogens with one attached hydrogen (secondary N) is 1. The molecule has 0 aliphatic rings. The largest absolute Gasteiger partial charge is 0.259 e. The van der Waals surface area contributed by atoms with E-state index in [0.717, 1.165) is 10.7 Å². The van der Waals surface area contributed by atoms with Crippen LogP contribution >= 0.6 is 15.9 Å². The van der Waals surface area contributed by atoms with Gasteiger partial charge in [0, 0.05) is 10.7 Å². The van der Waals surface area contributed by atoms with Crippen LogP contribution < -0.4 is 4.72 Å². The third kappa shape index (κ3) is 4.35. The summed E-state index contributed by atoms with van der Waals surface area (Å²) >= 11 is 3.23. The van der Waals surface area contributed by atoms with Gasteiger partial charge in [0.25, 0.3) is 0 Å². The van der Waals surface area contributed by atoms with Gasteiger partial charge in [-0.25, -0.2) is 13.1 Å². The zero-order valence-corrected chi connectivity index (χ0v) is 9.39. The molecule has 0 atom stereocenters. The van der Waals surface area contributed by atoms with E-state index in [1.165, 1.54) is 0 Å². The van der Waals surface area contributed by atoms with Crippen molar-refractivity contribution in [2.45, 2.75) is 6.54 Å². The van der Waals surface area contributed by atoms with Crippen molar-refractivity contribution in [3.63, 3.8) is 0 Å². The normalized spacial score (nSPS) is 11.5. The van der Waals surface area contributed by atoms with Crippen LogP contribution in [0.4, 0.5) is 0 Å². The molecule has 0 saturated carbocycles. The summed E-state index contributed by atoms with van der Waals surface area (Å²) in [4.78, 5) is 4.01. The van der Waals surface area contributed by atoms with Crippen LogP contribution in [-0.4, -0.2) is 19.7 Å². The van der Waals surface area contributed by atoms with E-state index in [2.05, 4.69) is 25.6 Å². The minimum atomic E-state index is -3.13. The van der Waals surface area contributed by atoms with Crippen molar-refractivity contribution in [1.29, 1.82) is 0 Å². The van der Waals surface area contributed by atoms with Crippen LogP contribution in [0.3, 0.4) is 0 Å². The number of aromatic nitrogens is 1.